The van der Waals surface area contributed by atoms with Crippen LogP contribution in [0.4, 0.5) is 0 Å². The molecule has 0 radical (unpaired) electrons. The Morgan fingerprint density at radius 2 is 1.70 bits per heavy atom. The predicted octanol–water partition coefficient (Wildman–Crippen LogP) is 4.28. The normalized spacial score (nSPS) is 11.2. The topological polar surface area (TPSA) is 29.1 Å². The molecule has 0 aliphatic rings. The van der Waals surface area contributed by atoms with Gasteiger partial charge in [0.1, 0.15) is 0 Å². The van der Waals surface area contributed by atoms with Crippen LogP contribution in [0.25, 0.3) is 5.57 Å². The van der Waals surface area contributed by atoms with Gasteiger partial charge in [-0.05, 0) is 42.3 Å². The Kier molecular flexibility index (Phi) is 5.13. The van der Waals surface area contributed by atoms with Crippen LogP contribution in [0.15, 0.2) is 65.1 Å². The van der Waals surface area contributed by atoms with Gasteiger partial charge < -0.3 is 5.32 Å². The monoisotopic (exact) mass is 329 g/mol. The third kappa shape index (κ3) is 4.07. The van der Waals surface area contributed by atoms with Gasteiger partial charge in [-0.3, -0.25) is 4.79 Å². The summed E-state index contributed by atoms with van der Waals surface area (Å²) in [6.45, 7) is 2.57. The zero-order chi connectivity index (χ0) is 14.4. The van der Waals surface area contributed by atoms with Crippen molar-refractivity contribution in [1.29, 1.82) is 0 Å². The average molecular weight is 330 g/mol. The molecule has 2 nitrogen and oxygen atoms in total. The van der Waals surface area contributed by atoms with Crippen LogP contribution in [0.5, 0.6) is 0 Å². The Balaban J connectivity index is 1.92. The van der Waals surface area contributed by atoms with Crippen molar-refractivity contribution in [3.63, 3.8) is 0 Å². The number of rotatable bonds is 4. The van der Waals surface area contributed by atoms with E-state index in [1.165, 1.54) is 5.56 Å². The minimum atomic E-state index is -0.0605. The number of carbonyl (C=O) groups is 1. The zero-order valence-electron chi connectivity index (χ0n) is 11.3. The summed E-state index contributed by atoms with van der Waals surface area (Å²) in [4.78, 5) is 11.9. The van der Waals surface area contributed by atoms with E-state index in [0.717, 1.165) is 10.0 Å². The number of carbonyl (C=O) groups excluding carboxylic acids is 1. The second-order valence-electron chi connectivity index (χ2n) is 4.47. The van der Waals surface area contributed by atoms with Gasteiger partial charge in [-0.15, -0.1) is 0 Å². The van der Waals surface area contributed by atoms with Gasteiger partial charge in [0.25, 0.3) is 5.91 Å². The summed E-state index contributed by atoms with van der Waals surface area (Å²) in [6.07, 6.45) is 2.02. The summed E-state index contributed by atoms with van der Waals surface area (Å²) in [5.74, 6) is -0.0605. The first-order chi connectivity index (χ1) is 9.66. The van der Waals surface area contributed by atoms with E-state index in [-0.39, 0.29) is 5.91 Å². The number of nitrogens with one attached hydrogen (secondary N) is 1. The molecule has 0 fully saturated rings. The highest BCUT2D eigenvalue weighted by Gasteiger charge is 2.03. The van der Waals surface area contributed by atoms with E-state index in [2.05, 4.69) is 33.4 Å². The molecule has 20 heavy (non-hydrogen) atoms. The number of amides is 1. The SMILES string of the molecule is C/C(=C\CNC(=O)c1ccc(Br)cc1)c1ccccc1. The van der Waals surface area contributed by atoms with Crippen LogP contribution in [0.3, 0.4) is 0 Å². The minimum Gasteiger partial charge on any atom is -0.349 e. The van der Waals surface area contributed by atoms with Crippen LogP contribution in [0.1, 0.15) is 22.8 Å². The van der Waals surface area contributed by atoms with Crippen molar-refractivity contribution < 1.29 is 4.79 Å². The molecule has 0 aromatic heterocycles. The third-order valence-electron chi connectivity index (χ3n) is 3.01. The number of hydrogen-bond acceptors (Lipinski definition) is 1. The van der Waals surface area contributed by atoms with Gasteiger partial charge in [-0.1, -0.05) is 52.3 Å². The maximum Gasteiger partial charge on any atom is 0.251 e. The molecular weight excluding hydrogens is 314 g/mol. The summed E-state index contributed by atoms with van der Waals surface area (Å²) in [7, 11) is 0. The number of hydrogen-bond donors (Lipinski definition) is 1. The van der Waals surface area contributed by atoms with E-state index in [1.54, 1.807) is 12.1 Å². The van der Waals surface area contributed by atoms with E-state index < -0.39 is 0 Å². The maximum absolute atomic E-state index is 11.9. The van der Waals surface area contributed by atoms with Gasteiger partial charge in [0.05, 0.1) is 0 Å². The summed E-state index contributed by atoms with van der Waals surface area (Å²) in [5.41, 5.74) is 2.99. The van der Waals surface area contributed by atoms with Gasteiger partial charge in [-0.25, -0.2) is 0 Å². The molecule has 1 amide bonds. The highest BCUT2D eigenvalue weighted by atomic mass is 79.9. The van der Waals surface area contributed by atoms with E-state index in [1.807, 2.05) is 43.3 Å². The van der Waals surface area contributed by atoms with E-state index in [0.29, 0.717) is 12.1 Å². The largest absolute Gasteiger partial charge is 0.349 e. The first-order valence-electron chi connectivity index (χ1n) is 6.43. The highest BCUT2D eigenvalue weighted by Crippen LogP contribution is 2.12. The van der Waals surface area contributed by atoms with Gasteiger partial charge >= 0.3 is 0 Å². The molecular formula is C17H16BrNO. The third-order valence-corrected chi connectivity index (χ3v) is 3.54. The van der Waals surface area contributed by atoms with Crippen LogP contribution in [-0.2, 0) is 0 Å². The molecule has 102 valence electrons. The van der Waals surface area contributed by atoms with Crippen molar-refractivity contribution in [2.24, 2.45) is 0 Å². The van der Waals surface area contributed by atoms with E-state index >= 15 is 0 Å². The van der Waals surface area contributed by atoms with Gasteiger partial charge in [-0.2, -0.15) is 0 Å². The molecule has 3 heteroatoms. The standard InChI is InChI=1S/C17H16BrNO/c1-13(14-5-3-2-4-6-14)11-12-19-17(20)15-7-9-16(18)10-8-15/h2-11H,12H2,1H3,(H,19,20)/b13-11+. The second kappa shape index (κ2) is 7.06. The van der Waals surface area contributed by atoms with Crippen LogP contribution in [-0.4, -0.2) is 12.5 Å². The minimum absolute atomic E-state index is 0.0605. The predicted molar refractivity (Wildman–Crippen MR) is 86.6 cm³/mol. The fraction of sp³-hybridized carbons (Fsp3) is 0.118. The van der Waals surface area contributed by atoms with E-state index in [9.17, 15) is 4.79 Å². The number of allylic oxidation sites excluding steroid dienone is 1. The Hall–Kier alpha value is -1.87. The molecule has 0 bridgehead atoms. The van der Waals surface area contributed by atoms with E-state index in [4.69, 9.17) is 0 Å². The fourth-order valence-corrected chi connectivity index (χ4v) is 2.08. The van der Waals surface area contributed by atoms with Crippen molar-refractivity contribution in [2.45, 2.75) is 6.92 Å². The lowest BCUT2D eigenvalue weighted by molar-refractivity contribution is 0.0958. The first-order valence-corrected chi connectivity index (χ1v) is 7.22. The molecule has 0 saturated carbocycles. The second-order valence-corrected chi connectivity index (χ2v) is 5.39. The summed E-state index contributed by atoms with van der Waals surface area (Å²) < 4.78 is 0.967. The lowest BCUT2D eigenvalue weighted by Crippen LogP contribution is -2.23. The fourth-order valence-electron chi connectivity index (χ4n) is 1.82. The van der Waals surface area contributed by atoms with Crippen molar-refractivity contribution in [3.05, 3.63) is 76.3 Å². The molecule has 0 atom stereocenters. The molecule has 2 rings (SSSR count). The van der Waals surface area contributed by atoms with Crippen LogP contribution < -0.4 is 5.32 Å². The molecule has 2 aromatic rings. The number of halogens is 1. The Morgan fingerprint density at radius 1 is 1.05 bits per heavy atom. The van der Waals surface area contributed by atoms with Crippen LogP contribution in [0.2, 0.25) is 0 Å². The van der Waals surface area contributed by atoms with Crippen LogP contribution in [0, 0.1) is 0 Å². The molecule has 0 aliphatic heterocycles. The van der Waals surface area contributed by atoms with Gasteiger partial charge in [0, 0.05) is 16.6 Å². The first kappa shape index (κ1) is 14.5. The van der Waals surface area contributed by atoms with Crippen molar-refractivity contribution in [1.82, 2.24) is 5.32 Å². The molecule has 0 saturated heterocycles. The van der Waals surface area contributed by atoms with Crippen LogP contribution >= 0.6 is 15.9 Å². The summed E-state index contributed by atoms with van der Waals surface area (Å²) in [6, 6.07) is 17.4. The van der Waals surface area contributed by atoms with Gasteiger partial charge in [0.15, 0.2) is 0 Å². The quantitative estimate of drug-likeness (QED) is 0.891. The lowest BCUT2D eigenvalue weighted by Gasteiger charge is -2.04. The molecule has 1 N–H and O–H groups in total. The molecule has 0 aliphatic carbocycles. The van der Waals surface area contributed by atoms with Crippen molar-refractivity contribution in [2.75, 3.05) is 6.54 Å². The molecule has 0 heterocycles. The molecule has 2 aromatic carbocycles. The molecule has 0 spiro atoms. The maximum atomic E-state index is 11.9. The zero-order valence-corrected chi connectivity index (χ0v) is 12.9. The van der Waals surface area contributed by atoms with Gasteiger partial charge in [0.2, 0.25) is 0 Å². The molecule has 0 unspecified atom stereocenters. The summed E-state index contributed by atoms with van der Waals surface area (Å²) >= 11 is 3.35. The smallest absolute Gasteiger partial charge is 0.251 e. The Morgan fingerprint density at radius 3 is 2.35 bits per heavy atom. The highest BCUT2D eigenvalue weighted by molar-refractivity contribution is 9.10. The summed E-state index contributed by atoms with van der Waals surface area (Å²) in [5, 5.41) is 2.89. The number of benzene rings is 2. The average Bonchev–Trinajstić information content (AvgIpc) is 2.48. The lowest BCUT2D eigenvalue weighted by atomic mass is 10.1. The van der Waals surface area contributed by atoms with Crippen molar-refractivity contribution in [3.8, 4) is 0 Å². The Bertz CT molecular complexity index is 603. The Labute approximate surface area is 127 Å². The van der Waals surface area contributed by atoms with Crippen molar-refractivity contribution >= 4 is 27.4 Å².